The number of hydrogen-bond acceptors (Lipinski definition) is 6. The number of benzene rings is 1. The molecule has 156 valence electrons. The molecule has 3 aromatic rings. The van der Waals surface area contributed by atoms with Gasteiger partial charge in [-0.25, -0.2) is 4.98 Å². The number of nitrogens with one attached hydrogen (secondary N) is 1. The fraction of sp³-hybridized carbons (Fsp3) is 0.250. The fourth-order valence-corrected chi connectivity index (χ4v) is 3.43. The summed E-state index contributed by atoms with van der Waals surface area (Å²) in [6, 6.07) is 9.29. The minimum Gasteiger partial charge on any atom is -0.406 e. The standard InChI is InChI=1S/C20H18F3N5O2/c21-20(22,23)30-14-3-1-2-13(8-14)16-5-4-12(9-25-16)10-28-7-6-17-15(11-28)18(29)27-19(24)26-17/h1-5,8-9H,6-7,10-11H2,(H3,24,26,27,29). The van der Waals surface area contributed by atoms with Gasteiger partial charge in [-0.3, -0.25) is 19.7 Å². The van der Waals surface area contributed by atoms with Crippen LogP contribution in [-0.2, 0) is 19.5 Å². The van der Waals surface area contributed by atoms with Crippen molar-refractivity contribution in [3.8, 4) is 17.0 Å². The molecule has 0 atom stereocenters. The second-order valence-electron chi connectivity index (χ2n) is 6.96. The number of nitrogens with two attached hydrogens (primary N) is 1. The molecule has 1 aliphatic rings. The maximum absolute atomic E-state index is 12.4. The number of ether oxygens (including phenoxy) is 1. The molecule has 30 heavy (non-hydrogen) atoms. The summed E-state index contributed by atoms with van der Waals surface area (Å²) in [5.74, 6) is -0.172. The molecule has 0 saturated carbocycles. The van der Waals surface area contributed by atoms with Crippen molar-refractivity contribution in [1.29, 1.82) is 0 Å². The van der Waals surface area contributed by atoms with Crippen LogP contribution < -0.4 is 16.0 Å². The Kier molecular flexibility index (Phi) is 5.17. The second-order valence-corrected chi connectivity index (χ2v) is 6.96. The Labute approximate surface area is 169 Å². The molecule has 3 N–H and O–H groups in total. The van der Waals surface area contributed by atoms with E-state index >= 15 is 0 Å². The molecule has 0 amide bonds. The predicted octanol–water partition coefficient (Wildman–Crippen LogP) is 2.87. The number of rotatable bonds is 4. The van der Waals surface area contributed by atoms with Crippen molar-refractivity contribution in [3.05, 3.63) is 69.8 Å². The molecular weight excluding hydrogens is 399 g/mol. The van der Waals surface area contributed by atoms with E-state index in [9.17, 15) is 18.0 Å². The van der Waals surface area contributed by atoms with Crippen LogP contribution in [0.2, 0.25) is 0 Å². The van der Waals surface area contributed by atoms with Gasteiger partial charge in [0.2, 0.25) is 5.95 Å². The van der Waals surface area contributed by atoms with Crippen molar-refractivity contribution in [2.75, 3.05) is 12.3 Å². The molecule has 0 spiro atoms. The van der Waals surface area contributed by atoms with E-state index in [0.29, 0.717) is 36.3 Å². The molecule has 4 rings (SSSR count). The zero-order valence-electron chi connectivity index (χ0n) is 15.7. The third kappa shape index (κ3) is 4.60. The summed E-state index contributed by atoms with van der Waals surface area (Å²) < 4.78 is 41.2. The van der Waals surface area contributed by atoms with Crippen LogP contribution in [0.3, 0.4) is 0 Å². The second kappa shape index (κ2) is 7.79. The fourth-order valence-electron chi connectivity index (χ4n) is 3.43. The van der Waals surface area contributed by atoms with Gasteiger partial charge in [0.1, 0.15) is 5.75 Å². The number of H-pyrrole nitrogens is 1. The van der Waals surface area contributed by atoms with E-state index in [2.05, 4.69) is 24.6 Å². The Morgan fingerprint density at radius 2 is 2.07 bits per heavy atom. The largest absolute Gasteiger partial charge is 0.573 e. The Balaban J connectivity index is 1.46. The number of aromatic nitrogens is 3. The van der Waals surface area contributed by atoms with Crippen molar-refractivity contribution in [2.24, 2.45) is 0 Å². The number of nitrogen functional groups attached to an aromatic ring is 1. The van der Waals surface area contributed by atoms with Crippen LogP contribution in [0.15, 0.2) is 47.4 Å². The summed E-state index contributed by atoms with van der Waals surface area (Å²) in [7, 11) is 0. The van der Waals surface area contributed by atoms with Crippen molar-refractivity contribution >= 4 is 5.95 Å². The van der Waals surface area contributed by atoms with Crippen molar-refractivity contribution in [2.45, 2.75) is 25.9 Å². The van der Waals surface area contributed by atoms with E-state index in [1.54, 1.807) is 18.3 Å². The lowest BCUT2D eigenvalue weighted by Gasteiger charge is -2.27. The highest BCUT2D eigenvalue weighted by atomic mass is 19.4. The zero-order valence-corrected chi connectivity index (χ0v) is 15.7. The summed E-state index contributed by atoms with van der Waals surface area (Å²) in [6.07, 6.45) is -2.44. The number of aromatic amines is 1. The van der Waals surface area contributed by atoms with E-state index in [1.165, 1.54) is 18.2 Å². The van der Waals surface area contributed by atoms with Gasteiger partial charge < -0.3 is 10.5 Å². The lowest BCUT2D eigenvalue weighted by molar-refractivity contribution is -0.274. The summed E-state index contributed by atoms with van der Waals surface area (Å²) in [6.45, 7) is 1.76. The molecule has 10 heteroatoms. The lowest BCUT2D eigenvalue weighted by Crippen LogP contribution is -2.35. The van der Waals surface area contributed by atoms with Gasteiger partial charge in [0.15, 0.2) is 0 Å². The first kappa shape index (κ1) is 19.9. The number of pyridine rings is 1. The van der Waals surface area contributed by atoms with E-state index in [-0.39, 0.29) is 17.3 Å². The van der Waals surface area contributed by atoms with Crippen molar-refractivity contribution in [3.63, 3.8) is 0 Å². The highest BCUT2D eigenvalue weighted by molar-refractivity contribution is 5.61. The van der Waals surface area contributed by atoms with E-state index in [4.69, 9.17) is 5.73 Å². The van der Waals surface area contributed by atoms with Crippen molar-refractivity contribution in [1.82, 2.24) is 19.9 Å². The van der Waals surface area contributed by atoms with Crippen LogP contribution in [0, 0.1) is 0 Å². The van der Waals surface area contributed by atoms with Gasteiger partial charge in [0.25, 0.3) is 5.56 Å². The van der Waals surface area contributed by atoms with Gasteiger partial charge >= 0.3 is 6.36 Å². The first-order valence-electron chi connectivity index (χ1n) is 9.18. The highest BCUT2D eigenvalue weighted by Gasteiger charge is 2.31. The molecule has 0 aliphatic carbocycles. The van der Waals surface area contributed by atoms with Gasteiger partial charge in [-0.1, -0.05) is 18.2 Å². The molecule has 2 aromatic heterocycles. The first-order valence-corrected chi connectivity index (χ1v) is 9.18. The molecule has 7 nitrogen and oxygen atoms in total. The summed E-state index contributed by atoms with van der Waals surface area (Å²) >= 11 is 0. The average Bonchev–Trinajstić information content (AvgIpc) is 2.68. The quantitative estimate of drug-likeness (QED) is 0.678. The maximum atomic E-state index is 12.4. The molecule has 3 heterocycles. The molecule has 0 unspecified atom stereocenters. The minimum absolute atomic E-state index is 0.122. The lowest BCUT2D eigenvalue weighted by atomic mass is 10.1. The maximum Gasteiger partial charge on any atom is 0.573 e. The van der Waals surface area contributed by atoms with Crippen LogP contribution in [0.4, 0.5) is 19.1 Å². The molecule has 0 radical (unpaired) electrons. The third-order valence-electron chi connectivity index (χ3n) is 4.76. The van der Waals surface area contributed by atoms with Gasteiger partial charge in [-0.05, 0) is 23.8 Å². The zero-order chi connectivity index (χ0) is 21.3. The van der Waals surface area contributed by atoms with Crippen LogP contribution in [0.25, 0.3) is 11.3 Å². The first-order chi connectivity index (χ1) is 14.3. The predicted molar refractivity (Wildman–Crippen MR) is 103 cm³/mol. The number of hydrogen-bond donors (Lipinski definition) is 2. The topological polar surface area (TPSA) is 97.1 Å². The Hall–Kier alpha value is -3.40. The molecule has 0 bridgehead atoms. The molecule has 0 fully saturated rings. The number of nitrogens with zero attached hydrogens (tertiary/aromatic N) is 3. The number of anilines is 1. The SMILES string of the molecule is Nc1nc2c(c(=O)[nH]1)CN(Cc1ccc(-c3cccc(OC(F)(F)F)c3)nc1)CC2. The van der Waals surface area contributed by atoms with Gasteiger partial charge in [0, 0.05) is 37.8 Å². The smallest absolute Gasteiger partial charge is 0.406 e. The molecular formula is C20H18F3N5O2. The van der Waals surface area contributed by atoms with Crippen LogP contribution in [0.5, 0.6) is 5.75 Å². The van der Waals surface area contributed by atoms with Gasteiger partial charge in [-0.15, -0.1) is 13.2 Å². The number of halogens is 3. The van der Waals surface area contributed by atoms with Gasteiger partial charge in [0.05, 0.1) is 17.0 Å². The van der Waals surface area contributed by atoms with E-state index < -0.39 is 6.36 Å². The van der Waals surface area contributed by atoms with E-state index in [0.717, 1.165) is 17.8 Å². The van der Waals surface area contributed by atoms with Gasteiger partial charge in [-0.2, -0.15) is 0 Å². The Morgan fingerprint density at radius 1 is 1.23 bits per heavy atom. The average molecular weight is 417 g/mol. The molecule has 1 aromatic carbocycles. The highest BCUT2D eigenvalue weighted by Crippen LogP contribution is 2.27. The third-order valence-corrected chi connectivity index (χ3v) is 4.76. The monoisotopic (exact) mass is 417 g/mol. The molecule has 0 saturated heterocycles. The molecule has 1 aliphatic heterocycles. The summed E-state index contributed by atoms with van der Waals surface area (Å²) in [4.78, 5) is 25.3. The summed E-state index contributed by atoms with van der Waals surface area (Å²) in [5.41, 5.74) is 8.68. The van der Waals surface area contributed by atoms with Crippen LogP contribution in [-0.4, -0.2) is 32.8 Å². The summed E-state index contributed by atoms with van der Waals surface area (Å²) in [5, 5.41) is 0. The van der Waals surface area contributed by atoms with Crippen LogP contribution in [0.1, 0.15) is 16.8 Å². The number of alkyl halides is 3. The van der Waals surface area contributed by atoms with E-state index in [1.807, 2.05) is 6.07 Å². The normalized spacial score (nSPS) is 14.4. The van der Waals surface area contributed by atoms with Crippen LogP contribution >= 0.6 is 0 Å². The minimum atomic E-state index is -4.74. The number of fused-ring (bicyclic) bond motifs is 1. The van der Waals surface area contributed by atoms with Crippen molar-refractivity contribution < 1.29 is 17.9 Å². The Morgan fingerprint density at radius 3 is 2.80 bits per heavy atom. The Bertz CT molecular complexity index is 1110.